The zero-order chi connectivity index (χ0) is 17.5. The first-order valence-electron chi connectivity index (χ1n) is 7.34. The molecule has 0 bridgehead atoms. The van der Waals surface area contributed by atoms with Crippen molar-refractivity contribution < 1.29 is 23.5 Å². The van der Waals surface area contributed by atoms with Crippen molar-refractivity contribution in [1.82, 2.24) is 5.32 Å². The molecule has 1 heterocycles. The topological polar surface area (TPSA) is 97.6 Å². The summed E-state index contributed by atoms with van der Waals surface area (Å²) in [7, 11) is 0. The fourth-order valence-electron chi connectivity index (χ4n) is 1.94. The molecule has 2 aromatic rings. The number of benzene rings is 1. The molecule has 0 unspecified atom stereocenters. The molecule has 24 heavy (non-hydrogen) atoms. The predicted molar refractivity (Wildman–Crippen MR) is 86.2 cm³/mol. The number of ether oxygens (including phenoxy) is 1. The van der Waals surface area contributed by atoms with Crippen molar-refractivity contribution in [2.45, 2.75) is 26.5 Å². The summed E-state index contributed by atoms with van der Waals surface area (Å²) in [6.07, 6.45) is 0.546. The summed E-state index contributed by atoms with van der Waals surface area (Å²) < 4.78 is 10.2. The van der Waals surface area contributed by atoms with E-state index in [4.69, 9.17) is 9.15 Å². The van der Waals surface area contributed by atoms with Gasteiger partial charge in [-0.15, -0.1) is 0 Å². The van der Waals surface area contributed by atoms with E-state index in [0.29, 0.717) is 11.4 Å². The number of carbonyl (C=O) groups is 3. The van der Waals surface area contributed by atoms with Crippen LogP contribution in [0.4, 0.5) is 5.69 Å². The van der Waals surface area contributed by atoms with Crippen LogP contribution in [0.3, 0.4) is 0 Å². The Hall–Kier alpha value is -3.09. The molecule has 7 nitrogen and oxygen atoms in total. The number of anilines is 1. The zero-order valence-electron chi connectivity index (χ0n) is 13.4. The lowest BCUT2D eigenvalue weighted by atomic mass is 10.2. The molecule has 1 aromatic carbocycles. The summed E-state index contributed by atoms with van der Waals surface area (Å²) in [6, 6.07) is 9.73. The molecule has 7 heteroatoms. The van der Waals surface area contributed by atoms with Gasteiger partial charge in [0.1, 0.15) is 5.76 Å². The monoisotopic (exact) mass is 330 g/mol. The van der Waals surface area contributed by atoms with Crippen LogP contribution in [0, 0.1) is 0 Å². The van der Waals surface area contributed by atoms with Gasteiger partial charge < -0.3 is 19.8 Å². The number of hydrogen-bond acceptors (Lipinski definition) is 5. The van der Waals surface area contributed by atoms with Crippen LogP contribution in [0.2, 0.25) is 0 Å². The third-order valence-corrected chi connectivity index (χ3v) is 3.09. The van der Waals surface area contributed by atoms with E-state index in [0.717, 1.165) is 0 Å². The molecular formula is C17H18N2O5. The van der Waals surface area contributed by atoms with Crippen LogP contribution >= 0.6 is 0 Å². The second-order valence-corrected chi connectivity index (χ2v) is 5.11. The lowest BCUT2D eigenvalue weighted by Crippen LogP contribution is -2.35. The smallest absolute Gasteiger partial charge is 0.338 e. The molecule has 126 valence electrons. The van der Waals surface area contributed by atoms with Gasteiger partial charge in [-0.1, -0.05) is 6.07 Å². The SMILES string of the molecule is CC(=O)Nc1cccc(C(=O)O[C@@H](C)C(=O)NCc2ccco2)c1. The number of rotatable bonds is 6. The zero-order valence-corrected chi connectivity index (χ0v) is 13.4. The summed E-state index contributed by atoms with van der Waals surface area (Å²) in [5.74, 6) is -0.725. The molecule has 0 aliphatic heterocycles. The summed E-state index contributed by atoms with van der Waals surface area (Å²) in [4.78, 5) is 35.1. The lowest BCUT2D eigenvalue weighted by Gasteiger charge is -2.13. The summed E-state index contributed by atoms with van der Waals surface area (Å²) >= 11 is 0. The Labute approximate surface area is 139 Å². The van der Waals surface area contributed by atoms with Gasteiger partial charge in [-0.3, -0.25) is 9.59 Å². The highest BCUT2D eigenvalue weighted by Gasteiger charge is 2.19. The normalized spacial score (nSPS) is 11.4. The van der Waals surface area contributed by atoms with E-state index in [9.17, 15) is 14.4 Å². The first-order valence-corrected chi connectivity index (χ1v) is 7.34. The maximum Gasteiger partial charge on any atom is 0.338 e. The Balaban J connectivity index is 1.90. The Kier molecular flexibility index (Phi) is 5.73. The maximum atomic E-state index is 12.1. The fraction of sp³-hybridized carbons (Fsp3) is 0.235. The highest BCUT2D eigenvalue weighted by molar-refractivity contribution is 5.95. The molecule has 0 aliphatic rings. The van der Waals surface area contributed by atoms with Gasteiger partial charge in [0, 0.05) is 12.6 Å². The largest absolute Gasteiger partial charge is 0.467 e. The Morgan fingerprint density at radius 2 is 2.00 bits per heavy atom. The Morgan fingerprint density at radius 1 is 1.21 bits per heavy atom. The van der Waals surface area contributed by atoms with E-state index in [1.165, 1.54) is 26.2 Å². The molecule has 1 aromatic heterocycles. The molecule has 2 rings (SSSR count). The van der Waals surface area contributed by atoms with Crippen LogP contribution in [0.15, 0.2) is 47.1 Å². The van der Waals surface area contributed by atoms with E-state index in [-0.39, 0.29) is 18.0 Å². The summed E-state index contributed by atoms with van der Waals surface area (Å²) in [5.41, 5.74) is 0.721. The molecule has 2 amide bonds. The van der Waals surface area contributed by atoms with Gasteiger partial charge >= 0.3 is 5.97 Å². The van der Waals surface area contributed by atoms with Crippen molar-refractivity contribution in [1.29, 1.82) is 0 Å². The van der Waals surface area contributed by atoms with Crippen molar-refractivity contribution in [2.75, 3.05) is 5.32 Å². The third kappa shape index (κ3) is 4.98. The van der Waals surface area contributed by atoms with Crippen molar-refractivity contribution in [2.24, 2.45) is 0 Å². The highest BCUT2D eigenvalue weighted by Crippen LogP contribution is 2.12. The number of esters is 1. The molecule has 2 N–H and O–H groups in total. The van der Waals surface area contributed by atoms with Crippen molar-refractivity contribution >= 4 is 23.5 Å². The quantitative estimate of drug-likeness (QED) is 0.791. The number of hydrogen-bond donors (Lipinski definition) is 2. The van der Waals surface area contributed by atoms with Crippen LogP contribution in [0.25, 0.3) is 0 Å². The minimum atomic E-state index is -0.961. The predicted octanol–water partition coefficient (Wildman–Crippen LogP) is 2.10. The van der Waals surface area contributed by atoms with Gasteiger partial charge in [0.25, 0.3) is 5.91 Å². The van der Waals surface area contributed by atoms with E-state index < -0.39 is 18.0 Å². The van der Waals surface area contributed by atoms with E-state index >= 15 is 0 Å². The molecule has 0 spiro atoms. The molecule has 0 radical (unpaired) electrons. The van der Waals surface area contributed by atoms with Gasteiger partial charge in [0.05, 0.1) is 18.4 Å². The minimum Gasteiger partial charge on any atom is -0.467 e. The van der Waals surface area contributed by atoms with E-state index in [1.54, 1.807) is 30.3 Å². The number of furan rings is 1. The standard InChI is InChI=1S/C17H18N2O5/c1-11(16(21)18-10-15-7-4-8-23-15)24-17(22)13-5-3-6-14(9-13)19-12(2)20/h3-9,11H,10H2,1-2H3,(H,18,21)(H,19,20)/t11-/m0/s1. The number of carbonyl (C=O) groups excluding carboxylic acids is 3. The summed E-state index contributed by atoms with van der Waals surface area (Å²) in [6.45, 7) is 3.06. The second kappa shape index (κ2) is 7.96. The van der Waals surface area contributed by atoms with E-state index in [2.05, 4.69) is 10.6 Å². The molecule has 0 aliphatic carbocycles. The molecule has 0 saturated carbocycles. The number of nitrogens with one attached hydrogen (secondary N) is 2. The average molecular weight is 330 g/mol. The maximum absolute atomic E-state index is 12.1. The van der Waals surface area contributed by atoms with Crippen LogP contribution in [0.5, 0.6) is 0 Å². The molecular weight excluding hydrogens is 312 g/mol. The van der Waals surface area contributed by atoms with Gasteiger partial charge in [-0.25, -0.2) is 4.79 Å². The second-order valence-electron chi connectivity index (χ2n) is 5.11. The third-order valence-electron chi connectivity index (χ3n) is 3.09. The molecule has 0 saturated heterocycles. The average Bonchev–Trinajstić information content (AvgIpc) is 3.05. The van der Waals surface area contributed by atoms with Gasteiger partial charge in [-0.05, 0) is 37.3 Å². The van der Waals surface area contributed by atoms with Gasteiger partial charge in [-0.2, -0.15) is 0 Å². The van der Waals surface area contributed by atoms with Crippen molar-refractivity contribution in [3.8, 4) is 0 Å². The van der Waals surface area contributed by atoms with Gasteiger partial charge in [0.15, 0.2) is 6.10 Å². The Morgan fingerprint density at radius 3 is 2.67 bits per heavy atom. The highest BCUT2D eigenvalue weighted by atomic mass is 16.5. The lowest BCUT2D eigenvalue weighted by molar-refractivity contribution is -0.129. The first kappa shape index (κ1) is 17.3. The number of amides is 2. The van der Waals surface area contributed by atoms with E-state index in [1.807, 2.05) is 0 Å². The van der Waals surface area contributed by atoms with Crippen molar-refractivity contribution in [3.63, 3.8) is 0 Å². The van der Waals surface area contributed by atoms with Crippen molar-refractivity contribution in [3.05, 3.63) is 54.0 Å². The first-order chi connectivity index (χ1) is 11.5. The molecule has 1 atom stereocenters. The van der Waals surface area contributed by atoms with Gasteiger partial charge in [0.2, 0.25) is 5.91 Å². The molecule has 0 fully saturated rings. The minimum absolute atomic E-state index is 0.214. The Bertz CT molecular complexity index is 724. The van der Waals surface area contributed by atoms with Crippen LogP contribution in [-0.4, -0.2) is 23.9 Å². The van der Waals surface area contributed by atoms with Crippen LogP contribution < -0.4 is 10.6 Å². The van der Waals surface area contributed by atoms with Crippen LogP contribution in [-0.2, 0) is 20.9 Å². The fourth-order valence-corrected chi connectivity index (χ4v) is 1.94. The summed E-state index contributed by atoms with van der Waals surface area (Å²) in [5, 5.41) is 5.19. The van der Waals surface area contributed by atoms with Crippen LogP contribution in [0.1, 0.15) is 30.0 Å².